The Morgan fingerprint density at radius 2 is 2.10 bits per heavy atom. The Bertz CT molecular complexity index is 904. The molecule has 2 N–H and O–H groups in total. The Balaban J connectivity index is 1.72. The maximum Gasteiger partial charge on any atom is 0.319 e. The Morgan fingerprint density at radius 3 is 2.76 bits per heavy atom. The number of amides is 3. The Labute approximate surface area is 175 Å². The number of aryl methyl sites for hydroxylation is 1. The van der Waals surface area contributed by atoms with E-state index in [-0.39, 0.29) is 18.0 Å². The second-order valence-electron chi connectivity index (χ2n) is 8.08. The minimum absolute atomic E-state index is 0.0209. The van der Waals surface area contributed by atoms with Crippen LogP contribution in [0.2, 0.25) is 0 Å². The highest BCUT2D eigenvalue weighted by molar-refractivity contribution is 7.09. The lowest BCUT2D eigenvalue weighted by molar-refractivity contribution is -0.126. The van der Waals surface area contributed by atoms with Crippen LogP contribution in [0, 0.1) is 5.41 Å². The van der Waals surface area contributed by atoms with Gasteiger partial charge >= 0.3 is 6.03 Å². The quantitative estimate of drug-likeness (QED) is 0.776. The molecule has 1 aliphatic rings. The lowest BCUT2D eigenvalue weighted by atomic mass is 9.94. The Hall–Kier alpha value is -2.61. The molecule has 3 rings (SSSR count). The van der Waals surface area contributed by atoms with Gasteiger partial charge in [-0.15, -0.1) is 11.3 Å². The summed E-state index contributed by atoms with van der Waals surface area (Å²) in [5, 5.41) is 8.76. The van der Waals surface area contributed by atoms with E-state index in [4.69, 9.17) is 4.74 Å². The first-order chi connectivity index (χ1) is 13.7. The van der Waals surface area contributed by atoms with Crippen molar-refractivity contribution in [2.24, 2.45) is 5.41 Å². The van der Waals surface area contributed by atoms with E-state index < -0.39 is 5.41 Å². The zero-order chi connectivity index (χ0) is 21.2. The van der Waals surface area contributed by atoms with E-state index in [1.54, 1.807) is 34.4 Å². The summed E-state index contributed by atoms with van der Waals surface area (Å²) in [6, 6.07) is 4.80. The van der Waals surface area contributed by atoms with Crippen molar-refractivity contribution in [3.05, 3.63) is 34.3 Å². The molecule has 1 aromatic heterocycles. The summed E-state index contributed by atoms with van der Waals surface area (Å²) in [6.45, 7) is 10.6. The number of aromatic nitrogens is 1. The lowest BCUT2D eigenvalue weighted by Gasteiger charge is -2.34. The second kappa shape index (κ2) is 8.41. The SMILES string of the molecule is CCc1nc(C(C)NC(=O)Nc2ccc3c(c2)N(C(=O)C(C)(C)C)CCO3)cs1. The van der Waals surface area contributed by atoms with Crippen molar-refractivity contribution in [3.63, 3.8) is 0 Å². The van der Waals surface area contributed by atoms with Crippen LogP contribution in [0.5, 0.6) is 5.75 Å². The first kappa shape index (κ1) is 21.1. The maximum atomic E-state index is 12.8. The number of rotatable bonds is 4. The zero-order valence-electron chi connectivity index (χ0n) is 17.5. The fourth-order valence-electron chi connectivity index (χ4n) is 3.04. The van der Waals surface area contributed by atoms with Crippen molar-refractivity contribution in [1.82, 2.24) is 10.3 Å². The van der Waals surface area contributed by atoms with Crippen LogP contribution in [0.1, 0.15) is 51.4 Å². The van der Waals surface area contributed by atoms with Gasteiger partial charge in [0, 0.05) is 16.5 Å². The minimum atomic E-state index is -0.504. The molecule has 0 saturated carbocycles. The number of hydrogen-bond acceptors (Lipinski definition) is 5. The van der Waals surface area contributed by atoms with Crippen LogP contribution in [0.3, 0.4) is 0 Å². The number of carbonyl (C=O) groups is 2. The summed E-state index contributed by atoms with van der Waals surface area (Å²) in [5.74, 6) is 0.662. The van der Waals surface area contributed by atoms with Crippen LogP contribution >= 0.6 is 11.3 Å². The van der Waals surface area contributed by atoms with Gasteiger partial charge in [-0.1, -0.05) is 27.7 Å². The third-order valence-corrected chi connectivity index (χ3v) is 5.64. The van der Waals surface area contributed by atoms with E-state index in [1.165, 1.54) is 0 Å². The number of ether oxygens (including phenoxy) is 1. The van der Waals surface area contributed by atoms with Crippen molar-refractivity contribution in [1.29, 1.82) is 0 Å². The average molecular weight is 417 g/mol. The highest BCUT2D eigenvalue weighted by Gasteiger charge is 2.32. The second-order valence-corrected chi connectivity index (χ2v) is 9.02. The molecular formula is C21H28N4O3S. The lowest BCUT2D eigenvalue weighted by Crippen LogP contribution is -2.44. The standard InChI is InChI=1S/C21H28N4O3S/c1-6-18-24-15(12-29-18)13(2)22-20(27)23-14-7-8-17-16(11-14)25(9-10-28-17)19(26)21(3,4)5/h7-8,11-13H,6,9-10H2,1-5H3,(H2,22,23,27). The van der Waals surface area contributed by atoms with Crippen LogP contribution < -0.4 is 20.3 Å². The number of fused-ring (bicyclic) bond motifs is 1. The summed E-state index contributed by atoms with van der Waals surface area (Å²) in [6.07, 6.45) is 0.880. The molecule has 7 nitrogen and oxygen atoms in total. The predicted molar refractivity (Wildman–Crippen MR) is 116 cm³/mol. The van der Waals surface area contributed by atoms with Crippen LogP contribution in [0.4, 0.5) is 16.2 Å². The van der Waals surface area contributed by atoms with E-state index in [9.17, 15) is 9.59 Å². The van der Waals surface area contributed by atoms with E-state index in [2.05, 4.69) is 22.5 Å². The largest absolute Gasteiger partial charge is 0.490 e. The normalized spacial score (nSPS) is 14.6. The van der Waals surface area contributed by atoms with Crippen molar-refractivity contribution in [2.75, 3.05) is 23.4 Å². The molecule has 8 heteroatoms. The highest BCUT2D eigenvalue weighted by atomic mass is 32.1. The molecular weight excluding hydrogens is 388 g/mol. The monoisotopic (exact) mass is 416 g/mol. The van der Waals surface area contributed by atoms with Crippen molar-refractivity contribution in [3.8, 4) is 5.75 Å². The van der Waals surface area contributed by atoms with Gasteiger partial charge in [0.2, 0.25) is 5.91 Å². The van der Waals surface area contributed by atoms with Gasteiger partial charge in [0.15, 0.2) is 0 Å². The van der Waals surface area contributed by atoms with Crippen LogP contribution in [0.25, 0.3) is 0 Å². The van der Waals surface area contributed by atoms with Gasteiger partial charge in [0.25, 0.3) is 0 Å². The summed E-state index contributed by atoms with van der Waals surface area (Å²) in [4.78, 5) is 31.5. The molecule has 29 heavy (non-hydrogen) atoms. The summed E-state index contributed by atoms with van der Waals surface area (Å²) in [7, 11) is 0. The number of hydrogen-bond donors (Lipinski definition) is 2. The molecule has 1 unspecified atom stereocenters. The number of thiazole rings is 1. The molecule has 1 atom stereocenters. The van der Waals surface area contributed by atoms with Crippen molar-refractivity contribution >= 4 is 34.6 Å². The fraction of sp³-hybridized carbons (Fsp3) is 0.476. The Morgan fingerprint density at radius 1 is 1.34 bits per heavy atom. The first-order valence-corrected chi connectivity index (χ1v) is 10.7. The number of benzene rings is 1. The van der Waals surface area contributed by atoms with E-state index in [0.29, 0.717) is 30.3 Å². The Kier molecular flexibility index (Phi) is 6.12. The summed E-state index contributed by atoms with van der Waals surface area (Å²) in [5.41, 5.74) is 1.62. The molecule has 0 aliphatic carbocycles. The number of carbonyl (C=O) groups excluding carboxylic acids is 2. The van der Waals surface area contributed by atoms with Crippen molar-refractivity contribution < 1.29 is 14.3 Å². The van der Waals surface area contributed by atoms with Gasteiger partial charge in [-0.05, 0) is 31.5 Å². The fourth-order valence-corrected chi connectivity index (χ4v) is 3.87. The molecule has 156 valence electrons. The van der Waals surface area contributed by atoms with E-state index in [0.717, 1.165) is 17.1 Å². The van der Waals surface area contributed by atoms with E-state index in [1.807, 2.05) is 33.1 Å². The molecule has 0 saturated heterocycles. The molecule has 1 aliphatic heterocycles. The van der Waals surface area contributed by atoms with Crippen LogP contribution in [-0.4, -0.2) is 30.1 Å². The third-order valence-electron chi connectivity index (χ3n) is 4.63. The van der Waals surface area contributed by atoms with Crippen LogP contribution in [-0.2, 0) is 11.2 Å². The number of nitrogens with one attached hydrogen (secondary N) is 2. The zero-order valence-corrected chi connectivity index (χ0v) is 18.4. The van der Waals surface area contributed by atoms with E-state index >= 15 is 0 Å². The number of nitrogens with zero attached hydrogens (tertiary/aromatic N) is 2. The summed E-state index contributed by atoms with van der Waals surface area (Å²) < 4.78 is 5.68. The van der Waals surface area contributed by atoms with Gasteiger partial charge < -0.3 is 20.3 Å². The topological polar surface area (TPSA) is 83.6 Å². The first-order valence-electron chi connectivity index (χ1n) is 9.79. The molecule has 0 spiro atoms. The van der Waals surface area contributed by atoms with Gasteiger partial charge in [-0.3, -0.25) is 4.79 Å². The molecule has 2 heterocycles. The third kappa shape index (κ3) is 4.87. The predicted octanol–water partition coefficient (Wildman–Crippen LogP) is 4.36. The van der Waals surface area contributed by atoms with Crippen molar-refractivity contribution in [2.45, 2.75) is 47.1 Å². The maximum absolute atomic E-state index is 12.8. The molecule has 2 aromatic rings. The molecule has 0 radical (unpaired) electrons. The number of urea groups is 1. The molecule has 1 aromatic carbocycles. The van der Waals surface area contributed by atoms with Gasteiger partial charge in [0.05, 0.1) is 29.0 Å². The average Bonchev–Trinajstić information content (AvgIpc) is 3.15. The summed E-state index contributed by atoms with van der Waals surface area (Å²) >= 11 is 1.60. The van der Waals surface area contributed by atoms with Gasteiger partial charge in [-0.25, -0.2) is 9.78 Å². The van der Waals surface area contributed by atoms with Crippen LogP contribution in [0.15, 0.2) is 23.6 Å². The smallest absolute Gasteiger partial charge is 0.319 e. The van der Waals surface area contributed by atoms with Gasteiger partial charge in [-0.2, -0.15) is 0 Å². The minimum Gasteiger partial charge on any atom is -0.490 e. The van der Waals surface area contributed by atoms with Gasteiger partial charge in [0.1, 0.15) is 12.4 Å². The highest BCUT2D eigenvalue weighted by Crippen LogP contribution is 2.36. The molecule has 3 amide bonds. The number of anilines is 2. The molecule has 0 bridgehead atoms. The molecule has 0 fully saturated rings.